The molecule has 5 heteroatoms. The lowest BCUT2D eigenvalue weighted by Crippen LogP contribution is -2.38. The SMILES string of the molecule is CCC(=O)N[C@@H]1CC[C@H](N(C)C(=O)c2ccc(-c3ccc4c(c3)CN=C4)cc2)C1. The maximum absolute atomic E-state index is 12.9. The molecule has 2 aromatic carbocycles. The van der Waals surface area contributed by atoms with E-state index in [2.05, 4.69) is 28.5 Å². The topological polar surface area (TPSA) is 61.8 Å². The van der Waals surface area contributed by atoms with Gasteiger partial charge in [0.25, 0.3) is 5.91 Å². The Kier molecular flexibility index (Phi) is 5.47. The summed E-state index contributed by atoms with van der Waals surface area (Å²) in [5.74, 6) is 0.115. The monoisotopic (exact) mass is 389 g/mol. The number of amides is 2. The molecule has 0 bridgehead atoms. The smallest absolute Gasteiger partial charge is 0.253 e. The van der Waals surface area contributed by atoms with Gasteiger partial charge in [-0.2, -0.15) is 0 Å². The van der Waals surface area contributed by atoms with Gasteiger partial charge < -0.3 is 10.2 Å². The zero-order valence-electron chi connectivity index (χ0n) is 17.0. The summed E-state index contributed by atoms with van der Waals surface area (Å²) in [5.41, 5.74) is 5.37. The molecule has 1 aliphatic carbocycles. The molecule has 2 atom stereocenters. The Morgan fingerprint density at radius 2 is 1.86 bits per heavy atom. The molecule has 2 amide bonds. The van der Waals surface area contributed by atoms with Crippen molar-refractivity contribution in [1.29, 1.82) is 0 Å². The van der Waals surface area contributed by atoms with Crippen LogP contribution in [0.15, 0.2) is 47.5 Å². The summed E-state index contributed by atoms with van der Waals surface area (Å²) in [6.07, 6.45) is 5.09. The van der Waals surface area contributed by atoms with Gasteiger partial charge >= 0.3 is 0 Å². The molecule has 0 saturated heterocycles. The molecule has 2 aliphatic rings. The van der Waals surface area contributed by atoms with Gasteiger partial charge in [-0.3, -0.25) is 14.6 Å². The molecular weight excluding hydrogens is 362 g/mol. The summed E-state index contributed by atoms with van der Waals surface area (Å²) in [6.45, 7) is 2.60. The van der Waals surface area contributed by atoms with Crippen molar-refractivity contribution < 1.29 is 9.59 Å². The number of rotatable bonds is 5. The van der Waals surface area contributed by atoms with Gasteiger partial charge in [0, 0.05) is 37.3 Å². The van der Waals surface area contributed by atoms with Gasteiger partial charge in [0.05, 0.1) is 6.54 Å². The average molecular weight is 389 g/mol. The Morgan fingerprint density at radius 3 is 2.62 bits per heavy atom. The molecule has 29 heavy (non-hydrogen) atoms. The summed E-state index contributed by atoms with van der Waals surface area (Å²) < 4.78 is 0. The lowest BCUT2D eigenvalue weighted by atomic mass is 9.99. The molecule has 1 aliphatic heterocycles. The Morgan fingerprint density at radius 1 is 1.10 bits per heavy atom. The van der Waals surface area contributed by atoms with E-state index in [0.717, 1.165) is 36.9 Å². The number of nitrogens with one attached hydrogen (secondary N) is 1. The highest BCUT2D eigenvalue weighted by Gasteiger charge is 2.30. The number of hydrogen-bond donors (Lipinski definition) is 1. The second-order valence-electron chi connectivity index (χ2n) is 7.96. The van der Waals surface area contributed by atoms with E-state index in [0.29, 0.717) is 12.0 Å². The fourth-order valence-electron chi connectivity index (χ4n) is 4.24. The minimum Gasteiger partial charge on any atom is -0.353 e. The summed E-state index contributed by atoms with van der Waals surface area (Å²) in [4.78, 5) is 30.7. The molecule has 1 heterocycles. The van der Waals surface area contributed by atoms with Gasteiger partial charge in [0.2, 0.25) is 5.91 Å². The number of benzene rings is 2. The molecule has 4 rings (SSSR count). The van der Waals surface area contributed by atoms with E-state index >= 15 is 0 Å². The number of carbonyl (C=O) groups excluding carboxylic acids is 2. The lowest BCUT2D eigenvalue weighted by molar-refractivity contribution is -0.121. The van der Waals surface area contributed by atoms with Crippen molar-refractivity contribution in [1.82, 2.24) is 10.2 Å². The van der Waals surface area contributed by atoms with Crippen molar-refractivity contribution in [3.63, 3.8) is 0 Å². The Balaban J connectivity index is 1.41. The molecule has 0 radical (unpaired) electrons. The predicted molar refractivity (Wildman–Crippen MR) is 115 cm³/mol. The number of carbonyl (C=O) groups is 2. The van der Waals surface area contributed by atoms with E-state index < -0.39 is 0 Å². The van der Waals surface area contributed by atoms with Crippen LogP contribution < -0.4 is 5.32 Å². The Labute approximate surface area is 171 Å². The maximum atomic E-state index is 12.9. The summed E-state index contributed by atoms with van der Waals surface area (Å²) in [5, 5.41) is 3.05. The predicted octanol–water partition coefficient (Wildman–Crippen LogP) is 3.81. The molecule has 150 valence electrons. The fourth-order valence-corrected chi connectivity index (χ4v) is 4.24. The van der Waals surface area contributed by atoms with Crippen molar-refractivity contribution in [3.8, 4) is 11.1 Å². The minimum absolute atomic E-state index is 0.0337. The first kappa shape index (κ1) is 19.4. The second kappa shape index (κ2) is 8.19. The van der Waals surface area contributed by atoms with Crippen LogP contribution >= 0.6 is 0 Å². The van der Waals surface area contributed by atoms with E-state index in [1.54, 1.807) is 0 Å². The first-order valence-corrected chi connectivity index (χ1v) is 10.3. The van der Waals surface area contributed by atoms with Crippen LogP contribution in [0.3, 0.4) is 0 Å². The Bertz CT molecular complexity index is 949. The van der Waals surface area contributed by atoms with Crippen LogP contribution in [0, 0.1) is 0 Å². The molecule has 0 aromatic heterocycles. The van der Waals surface area contributed by atoms with Crippen molar-refractivity contribution in [2.24, 2.45) is 4.99 Å². The molecule has 1 N–H and O–H groups in total. The zero-order valence-corrected chi connectivity index (χ0v) is 17.0. The van der Waals surface area contributed by atoms with E-state index in [9.17, 15) is 9.59 Å². The van der Waals surface area contributed by atoms with Gasteiger partial charge in [-0.25, -0.2) is 0 Å². The summed E-state index contributed by atoms with van der Waals surface area (Å²) in [7, 11) is 1.87. The molecule has 5 nitrogen and oxygen atoms in total. The summed E-state index contributed by atoms with van der Waals surface area (Å²) >= 11 is 0. The molecule has 1 fully saturated rings. The average Bonchev–Trinajstić information content (AvgIpc) is 3.41. The van der Waals surface area contributed by atoms with Gasteiger partial charge in [0.1, 0.15) is 0 Å². The first-order valence-electron chi connectivity index (χ1n) is 10.3. The standard InChI is InChI=1S/C24H27N3O2/c1-3-23(28)26-21-10-11-22(13-21)27(2)24(29)17-6-4-16(5-7-17)18-8-9-19-14-25-15-20(19)12-18/h4-9,12,14,21-22H,3,10-11,13,15H2,1-2H3,(H,26,28)/t21-,22+/m1/s1. The Hall–Kier alpha value is -2.95. The van der Waals surface area contributed by atoms with E-state index in [4.69, 9.17) is 0 Å². The van der Waals surface area contributed by atoms with Gasteiger partial charge in [-0.1, -0.05) is 31.2 Å². The second-order valence-corrected chi connectivity index (χ2v) is 7.96. The molecule has 0 unspecified atom stereocenters. The van der Waals surface area contributed by atoms with Gasteiger partial charge in [-0.15, -0.1) is 0 Å². The van der Waals surface area contributed by atoms with Crippen LogP contribution in [0.4, 0.5) is 0 Å². The maximum Gasteiger partial charge on any atom is 0.253 e. The highest BCUT2D eigenvalue weighted by molar-refractivity contribution is 5.95. The van der Waals surface area contributed by atoms with Crippen LogP contribution in [-0.4, -0.2) is 42.1 Å². The number of hydrogen-bond acceptors (Lipinski definition) is 3. The molecule has 0 spiro atoms. The van der Waals surface area contributed by atoms with E-state index in [-0.39, 0.29) is 23.9 Å². The van der Waals surface area contributed by atoms with E-state index in [1.165, 1.54) is 11.1 Å². The quantitative estimate of drug-likeness (QED) is 0.845. The zero-order chi connectivity index (χ0) is 20.4. The highest BCUT2D eigenvalue weighted by Crippen LogP contribution is 2.27. The third-order valence-corrected chi connectivity index (χ3v) is 6.06. The lowest BCUT2D eigenvalue weighted by Gasteiger charge is -2.25. The van der Waals surface area contributed by atoms with Gasteiger partial charge in [0.15, 0.2) is 0 Å². The fraction of sp³-hybridized carbons (Fsp3) is 0.375. The van der Waals surface area contributed by atoms with Crippen molar-refractivity contribution in [2.75, 3.05) is 7.05 Å². The van der Waals surface area contributed by atoms with Crippen LogP contribution in [0.2, 0.25) is 0 Å². The first-order chi connectivity index (χ1) is 14.0. The van der Waals surface area contributed by atoms with Crippen molar-refractivity contribution in [2.45, 2.75) is 51.2 Å². The number of fused-ring (bicyclic) bond motifs is 1. The number of nitrogens with zero attached hydrogens (tertiary/aromatic N) is 2. The summed E-state index contributed by atoms with van der Waals surface area (Å²) in [6, 6.07) is 14.6. The van der Waals surface area contributed by atoms with Crippen molar-refractivity contribution >= 4 is 18.0 Å². The van der Waals surface area contributed by atoms with Crippen molar-refractivity contribution in [3.05, 3.63) is 59.2 Å². The highest BCUT2D eigenvalue weighted by atomic mass is 16.2. The third kappa shape index (κ3) is 4.09. The van der Waals surface area contributed by atoms with Gasteiger partial charge in [-0.05, 0) is 59.7 Å². The number of aliphatic imine (C=N–C) groups is 1. The van der Waals surface area contributed by atoms with Crippen LogP contribution in [-0.2, 0) is 11.3 Å². The molecule has 1 saturated carbocycles. The third-order valence-electron chi connectivity index (χ3n) is 6.06. The molecule has 2 aromatic rings. The van der Waals surface area contributed by atoms with E-state index in [1.807, 2.05) is 49.4 Å². The van der Waals surface area contributed by atoms with Crippen LogP contribution in [0.25, 0.3) is 11.1 Å². The normalized spacial score (nSPS) is 19.8. The largest absolute Gasteiger partial charge is 0.353 e. The minimum atomic E-state index is 0.0337. The van der Waals surface area contributed by atoms with Crippen LogP contribution in [0.5, 0.6) is 0 Å². The molecular formula is C24H27N3O2. The van der Waals surface area contributed by atoms with Crippen LogP contribution in [0.1, 0.15) is 54.1 Å².